The van der Waals surface area contributed by atoms with E-state index in [2.05, 4.69) is 89.4 Å². The fourth-order valence-corrected chi connectivity index (χ4v) is 11.0. The van der Waals surface area contributed by atoms with Crippen molar-refractivity contribution in [1.29, 1.82) is 0 Å². The van der Waals surface area contributed by atoms with Gasteiger partial charge in [-0.05, 0) is 103 Å². The first-order valence-electron chi connectivity index (χ1n) is 22.4. The second-order valence-electron chi connectivity index (χ2n) is 20.2. The molecular weight excluding hydrogens is 675 g/mol. The summed E-state index contributed by atoms with van der Waals surface area (Å²) >= 11 is 0. The van der Waals surface area contributed by atoms with Gasteiger partial charge in [0, 0.05) is 42.8 Å². The number of hydroxylamine groups is 2. The van der Waals surface area contributed by atoms with E-state index in [9.17, 15) is 5.11 Å². The number of nitrogens with one attached hydrogen (secondary N) is 1. The fourth-order valence-electron chi connectivity index (χ4n) is 11.0. The highest BCUT2D eigenvalue weighted by atomic mass is 16.7. The van der Waals surface area contributed by atoms with Crippen LogP contribution in [0.5, 0.6) is 0 Å². The van der Waals surface area contributed by atoms with E-state index in [1.54, 1.807) is 0 Å². The van der Waals surface area contributed by atoms with Crippen LogP contribution < -0.4 is 15.1 Å². The van der Waals surface area contributed by atoms with Crippen LogP contribution in [0.25, 0.3) is 0 Å². The van der Waals surface area contributed by atoms with E-state index in [4.69, 9.17) is 24.5 Å². The van der Waals surface area contributed by atoms with E-state index in [0.29, 0.717) is 24.7 Å². The van der Waals surface area contributed by atoms with Crippen LogP contribution in [-0.2, 0) is 9.57 Å². The first-order chi connectivity index (χ1) is 25.6. The molecule has 10 nitrogen and oxygen atoms in total. The average Bonchev–Trinajstić information content (AvgIpc) is 3.11. The van der Waals surface area contributed by atoms with Gasteiger partial charge in [0.15, 0.2) is 0 Å². The van der Waals surface area contributed by atoms with Crippen molar-refractivity contribution in [2.24, 2.45) is 10.8 Å². The molecule has 0 radical (unpaired) electrons. The van der Waals surface area contributed by atoms with Crippen LogP contribution >= 0.6 is 0 Å². The normalized spacial score (nSPS) is 26.4. The van der Waals surface area contributed by atoms with Crippen LogP contribution in [0.1, 0.15) is 185 Å². The molecule has 1 saturated heterocycles. The molecule has 0 bridgehead atoms. The largest absolute Gasteiger partial charge is 0.395 e. The molecule has 0 unspecified atom stereocenters. The van der Waals surface area contributed by atoms with Crippen molar-refractivity contribution in [3.63, 3.8) is 0 Å². The highest BCUT2D eigenvalue weighted by molar-refractivity contribution is 5.47. The van der Waals surface area contributed by atoms with Gasteiger partial charge in [-0.2, -0.15) is 20.0 Å². The zero-order chi connectivity index (χ0) is 39.1. The third-order valence-corrected chi connectivity index (χ3v) is 13.1. The van der Waals surface area contributed by atoms with Gasteiger partial charge in [-0.3, -0.25) is 4.84 Å². The first kappa shape index (κ1) is 43.4. The van der Waals surface area contributed by atoms with Crippen molar-refractivity contribution in [1.82, 2.24) is 20.0 Å². The number of aromatic nitrogens is 3. The average molecular weight is 756 g/mol. The summed E-state index contributed by atoms with van der Waals surface area (Å²) in [5, 5.41) is 15.6. The van der Waals surface area contributed by atoms with Crippen molar-refractivity contribution in [2.75, 3.05) is 41.4 Å². The molecule has 4 fully saturated rings. The Kier molecular flexibility index (Phi) is 15.0. The molecule has 3 aliphatic carbocycles. The Morgan fingerprint density at radius 3 is 1.59 bits per heavy atom. The van der Waals surface area contributed by atoms with Gasteiger partial charge in [-0.25, -0.2) is 0 Å². The van der Waals surface area contributed by atoms with Crippen LogP contribution in [0.2, 0.25) is 0 Å². The standard InChI is InChI=1S/C44H81N7O3/c1-11-13-26-49(33-29-41(3,4)37(42(5,6)30-33)53-35-21-17-15-18-22-35)39-46-38(45-25-28-52)47-40(48-39)50(27-14-12-2)34-31-43(7,8)51(44(9,10)32-34)54-36-23-19-16-20-24-36/h33-37,52H,11-32H2,1-10H3,(H,45,46,47,48). The molecule has 54 heavy (non-hydrogen) atoms. The molecule has 3 saturated carbocycles. The van der Waals surface area contributed by atoms with E-state index in [1.165, 1.54) is 51.4 Å². The van der Waals surface area contributed by atoms with E-state index in [-0.39, 0.29) is 46.7 Å². The van der Waals surface area contributed by atoms with Crippen LogP contribution in [0.3, 0.4) is 0 Å². The molecule has 10 heteroatoms. The van der Waals surface area contributed by atoms with Gasteiger partial charge in [-0.1, -0.05) is 92.9 Å². The third kappa shape index (κ3) is 10.8. The molecule has 1 aromatic rings. The maximum absolute atomic E-state index is 9.86. The molecule has 2 N–H and O–H groups in total. The smallest absolute Gasteiger partial charge is 0.232 e. The van der Waals surface area contributed by atoms with Crippen molar-refractivity contribution >= 4 is 17.8 Å². The SMILES string of the molecule is CCCCN(c1nc(NCCO)nc(N(CCCC)C2CC(C)(C)N(OC3CCCCC3)C(C)(C)C2)n1)C1CC(C)(C)C(OC2CCCCC2)C(C)(C)C1. The van der Waals surface area contributed by atoms with Crippen molar-refractivity contribution in [2.45, 2.75) is 226 Å². The zero-order valence-corrected chi connectivity index (χ0v) is 36.4. The van der Waals surface area contributed by atoms with E-state index >= 15 is 0 Å². The topological polar surface area (TPSA) is 99.1 Å². The van der Waals surface area contributed by atoms with Crippen molar-refractivity contribution < 1.29 is 14.7 Å². The maximum Gasteiger partial charge on any atom is 0.232 e. The number of anilines is 3. The van der Waals surface area contributed by atoms with Gasteiger partial charge in [0.1, 0.15) is 0 Å². The molecular formula is C44H81N7O3. The quantitative estimate of drug-likeness (QED) is 0.160. The number of hydrogen-bond donors (Lipinski definition) is 2. The molecule has 1 aromatic heterocycles. The number of unbranched alkanes of at least 4 members (excludes halogenated alkanes) is 2. The minimum Gasteiger partial charge on any atom is -0.395 e. The Morgan fingerprint density at radius 1 is 0.667 bits per heavy atom. The molecule has 2 heterocycles. The lowest BCUT2D eigenvalue weighted by atomic mass is 9.60. The fraction of sp³-hybridized carbons (Fsp3) is 0.932. The van der Waals surface area contributed by atoms with E-state index in [1.807, 2.05) is 0 Å². The minimum absolute atomic E-state index is 0.000150. The number of piperidine rings is 1. The van der Waals surface area contributed by atoms with Crippen molar-refractivity contribution in [3.05, 3.63) is 0 Å². The summed E-state index contributed by atoms with van der Waals surface area (Å²) in [5.41, 5.74) is -0.323. The Balaban J connectivity index is 1.48. The zero-order valence-electron chi connectivity index (χ0n) is 36.4. The van der Waals surface area contributed by atoms with Gasteiger partial charge in [0.2, 0.25) is 17.8 Å². The monoisotopic (exact) mass is 756 g/mol. The Morgan fingerprint density at radius 2 is 1.13 bits per heavy atom. The Hall–Kier alpha value is -1.75. The van der Waals surface area contributed by atoms with Gasteiger partial charge < -0.3 is 25.0 Å². The Bertz CT molecular complexity index is 1170. The second kappa shape index (κ2) is 18.7. The lowest BCUT2D eigenvalue weighted by molar-refractivity contribution is -0.310. The number of aliphatic hydroxyl groups is 1. The van der Waals surface area contributed by atoms with Gasteiger partial charge in [-0.15, -0.1) is 0 Å². The molecule has 4 aliphatic rings. The number of ether oxygens (including phenoxy) is 1. The lowest BCUT2D eigenvalue weighted by Gasteiger charge is -2.56. The van der Waals surface area contributed by atoms with Gasteiger partial charge in [0.05, 0.1) is 24.9 Å². The molecule has 0 spiro atoms. The number of rotatable bonds is 17. The summed E-state index contributed by atoms with van der Waals surface area (Å²) < 4.78 is 7.07. The van der Waals surface area contributed by atoms with E-state index < -0.39 is 0 Å². The maximum atomic E-state index is 9.86. The highest BCUT2D eigenvalue weighted by Gasteiger charge is 2.52. The lowest BCUT2D eigenvalue weighted by Crippen LogP contribution is -2.65. The summed E-state index contributed by atoms with van der Waals surface area (Å²) in [5.74, 6) is 2.06. The molecule has 310 valence electrons. The predicted molar refractivity (Wildman–Crippen MR) is 223 cm³/mol. The summed E-state index contributed by atoms with van der Waals surface area (Å²) in [6, 6.07) is 0.513. The summed E-state index contributed by atoms with van der Waals surface area (Å²) in [4.78, 5) is 27.7. The number of hydrogen-bond acceptors (Lipinski definition) is 10. The summed E-state index contributed by atoms with van der Waals surface area (Å²) in [7, 11) is 0. The van der Waals surface area contributed by atoms with Crippen molar-refractivity contribution in [3.8, 4) is 0 Å². The number of nitrogens with zero attached hydrogens (tertiary/aromatic N) is 6. The minimum atomic E-state index is -0.162. The third-order valence-electron chi connectivity index (χ3n) is 13.1. The molecule has 0 amide bonds. The van der Waals surface area contributed by atoms with Crippen LogP contribution in [0.4, 0.5) is 17.8 Å². The highest BCUT2D eigenvalue weighted by Crippen LogP contribution is 2.51. The van der Waals surface area contributed by atoms with Gasteiger partial charge in [0.25, 0.3) is 0 Å². The molecule has 0 atom stereocenters. The second-order valence-corrected chi connectivity index (χ2v) is 20.2. The molecule has 5 rings (SSSR count). The molecule has 0 aromatic carbocycles. The van der Waals surface area contributed by atoms with Crippen LogP contribution in [0, 0.1) is 10.8 Å². The first-order valence-corrected chi connectivity index (χ1v) is 22.4. The Labute approximate surface area is 330 Å². The van der Waals surface area contributed by atoms with Gasteiger partial charge >= 0.3 is 0 Å². The van der Waals surface area contributed by atoms with E-state index in [0.717, 1.165) is 89.2 Å². The molecule has 1 aliphatic heterocycles. The summed E-state index contributed by atoms with van der Waals surface area (Å²) in [6.07, 6.45) is 21.7. The predicted octanol–water partition coefficient (Wildman–Crippen LogP) is 9.71. The van der Waals surface area contributed by atoms with Crippen LogP contribution in [0.15, 0.2) is 0 Å². The number of aliphatic hydroxyl groups excluding tert-OH is 1. The summed E-state index contributed by atoms with van der Waals surface area (Å²) in [6.45, 7) is 25.9. The van der Waals surface area contributed by atoms with Crippen LogP contribution in [-0.4, -0.2) is 92.8 Å².